The summed E-state index contributed by atoms with van der Waals surface area (Å²) in [5.74, 6) is -0.388. The van der Waals surface area contributed by atoms with E-state index in [0.29, 0.717) is 11.4 Å². The lowest BCUT2D eigenvalue weighted by molar-refractivity contribution is 0.0593. The summed E-state index contributed by atoms with van der Waals surface area (Å²) in [6, 6.07) is 0. The highest BCUT2D eigenvalue weighted by atomic mass is 16.5. The molecular formula is C11H13NO3. The lowest BCUT2D eigenvalue weighted by Gasteiger charge is -2.11. The van der Waals surface area contributed by atoms with Crippen LogP contribution in [0.3, 0.4) is 0 Å². The molecule has 0 spiro atoms. The number of aromatic nitrogens is 1. The first-order chi connectivity index (χ1) is 7.27. The van der Waals surface area contributed by atoms with Gasteiger partial charge in [-0.1, -0.05) is 0 Å². The summed E-state index contributed by atoms with van der Waals surface area (Å²) in [4.78, 5) is 25.1. The number of fused-ring (bicyclic) bond motifs is 1. The van der Waals surface area contributed by atoms with Crippen LogP contribution in [0.15, 0.2) is 0 Å². The Balaban J connectivity index is 2.51. The van der Waals surface area contributed by atoms with E-state index in [-0.39, 0.29) is 5.97 Å². The molecule has 0 radical (unpaired) electrons. The van der Waals surface area contributed by atoms with Gasteiger partial charge in [-0.25, -0.2) is 4.79 Å². The van der Waals surface area contributed by atoms with Crippen molar-refractivity contribution in [3.05, 3.63) is 22.5 Å². The third-order valence-corrected chi connectivity index (χ3v) is 2.86. The first kappa shape index (κ1) is 9.96. The molecule has 4 nitrogen and oxygen atoms in total. The van der Waals surface area contributed by atoms with Crippen LogP contribution in [0.25, 0.3) is 0 Å². The molecule has 15 heavy (non-hydrogen) atoms. The maximum atomic E-state index is 11.4. The van der Waals surface area contributed by atoms with Crippen LogP contribution in [-0.4, -0.2) is 24.3 Å². The van der Waals surface area contributed by atoms with E-state index in [0.717, 1.165) is 43.1 Å². The molecule has 0 aliphatic heterocycles. The van der Waals surface area contributed by atoms with Crippen molar-refractivity contribution in [3.63, 3.8) is 0 Å². The van der Waals surface area contributed by atoms with Crippen molar-refractivity contribution in [1.29, 1.82) is 0 Å². The number of nitrogens with one attached hydrogen (secondary N) is 1. The molecule has 0 amide bonds. The fourth-order valence-electron chi connectivity index (χ4n) is 2.14. The van der Waals surface area contributed by atoms with Gasteiger partial charge in [-0.3, -0.25) is 4.79 Å². The lowest BCUT2D eigenvalue weighted by Crippen LogP contribution is -2.08. The van der Waals surface area contributed by atoms with Crippen molar-refractivity contribution in [2.45, 2.75) is 25.7 Å². The molecule has 1 aromatic heterocycles. The Morgan fingerprint density at radius 1 is 1.33 bits per heavy atom. The second-order valence-electron chi connectivity index (χ2n) is 3.69. The third-order valence-electron chi connectivity index (χ3n) is 2.86. The molecule has 0 saturated heterocycles. The van der Waals surface area contributed by atoms with Crippen LogP contribution in [0.1, 0.15) is 44.9 Å². The maximum absolute atomic E-state index is 11.4. The predicted molar refractivity (Wildman–Crippen MR) is 54.2 cm³/mol. The van der Waals surface area contributed by atoms with E-state index in [9.17, 15) is 9.59 Å². The minimum absolute atomic E-state index is 0.388. The number of esters is 1. The fraction of sp³-hybridized carbons (Fsp3) is 0.455. The van der Waals surface area contributed by atoms with Gasteiger partial charge in [-0.05, 0) is 36.8 Å². The topological polar surface area (TPSA) is 59.2 Å². The van der Waals surface area contributed by atoms with Gasteiger partial charge >= 0.3 is 5.97 Å². The van der Waals surface area contributed by atoms with Gasteiger partial charge in [0.2, 0.25) is 0 Å². The van der Waals surface area contributed by atoms with Gasteiger partial charge in [-0.15, -0.1) is 0 Å². The summed E-state index contributed by atoms with van der Waals surface area (Å²) >= 11 is 0. The Morgan fingerprint density at radius 3 is 2.60 bits per heavy atom. The van der Waals surface area contributed by atoms with E-state index in [2.05, 4.69) is 9.72 Å². The van der Waals surface area contributed by atoms with Crippen molar-refractivity contribution >= 4 is 12.3 Å². The molecule has 1 aromatic rings. The van der Waals surface area contributed by atoms with Gasteiger partial charge in [0.1, 0.15) is 5.69 Å². The van der Waals surface area contributed by atoms with Gasteiger partial charge in [0, 0.05) is 0 Å². The zero-order chi connectivity index (χ0) is 10.8. The Kier molecular flexibility index (Phi) is 2.58. The van der Waals surface area contributed by atoms with E-state index < -0.39 is 0 Å². The van der Waals surface area contributed by atoms with E-state index in [4.69, 9.17) is 0 Å². The van der Waals surface area contributed by atoms with Crippen molar-refractivity contribution in [1.82, 2.24) is 4.98 Å². The highest BCUT2D eigenvalue weighted by Gasteiger charge is 2.23. The molecule has 80 valence electrons. The number of aldehydes is 1. The average molecular weight is 207 g/mol. The molecule has 1 heterocycles. The largest absolute Gasteiger partial charge is 0.464 e. The molecule has 1 aliphatic rings. The normalized spacial score (nSPS) is 14.5. The van der Waals surface area contributed by atoms with Gasteiger partial charge in [0.05, 0.1) is 12.8 Å². The number of rotatable bonds is 2. The summed E-state index contributed by atoms with van der Waals surface area (Å²) in [6.07, 6.45) is 4.64. The number of methoxy groups -OCH3 is 1. The second kappa shape index (κ2) is 3.88. The molecule has 0 unspecified atom stereocenters. The number of ether oxygens (including phenoxy) is 1. The molecular weight excluding hydrogens is 194 g/mol. The van der Waals surface area contributed by atoms with E-state index in [1.54, 1.807) is 0 Å². The Morgan fingerprint density at radius 2 is 2.00 bits per heavy atom. The molecule has 0 aromatic carbocycles. The summed E-state index contributed by atoms with van der Waals surface area (Å²) in [5, 5.41) is 0. The number of H-pyrrole nitrogens is 1. The summed E-state index contributed by atoms with van der Waals surface area (Å²) in [6.45, 7) is 0. The van der Waals surface area contributed by atoms with Crippen molar-refractivity contribution in [2.75, 3.05) is 7.11 Å². The van der Waals surface area contributed by atoms with Crippen molar-refractivity contribution in [3.8, 4) is 0 Å². The lowest BCUT2D eigenvalue weighted by atomic mass is 9.92. The minimum atomic E-state index is -0.388. The van der Waals surface area contributed by atoms with Crippen LogP contribution >= 0.6 is 0 Å². The fourth-order valence-corrected chi connectivity index (χ4v) is 2.14. The van der Waals surface area contributed by atoms with Crippen LogP contribution in [0.4, 0.5) is 0 Å². The van der Waals surface area contributed by atoms with Crippen molar-refractivity contribution in [2.24, 2.45) is 0 Å². The van der Waals surface area contributed by atoms with E-state index in [1.165, 1.54) is 7.11 Å². The number of carbonyl (C=O) groups excluding carboxylic acids is 2. The molecule has 0 saturated carbocycles. The Labute approximate surface area is 87.6 Å². The van der Waals surface area contributed by atoms with Crippen LogP contribution < -0.4 is 0 Å². The van der Waals surface area contributed by atoms with Crippen molar-refractivity contribution < 1.29 is 14.3 Å². The zero-order valence-corrected chi connectivity index (χ0v) is 8.63. The molecule has 1 N–H and O–H groups in total. The van der Waals surface area contributed by atoms with Gasteiger partial charge in [0.25, 0.3) is 0 Å². The standard InChI is InChI=1S/C11H13NO3/c1-15-11(14)10-8-5-3-2-4-7(8)9(6-13)12-10/h6,12H,2-5H2,1H3. The first-order valence-electron chi connectivity index (χ1n) is 5.05. The van der Waals surface area contributed by atoms with Crippen LogP contribution in [0.2, 0.25) is 0 Å². The number of aromatic amines is 1. The predicted octanol–water partition coefficient (Wildman–Crippen LogP) is 1.49. The summed E-state index contributed by atoms with van der Waals surface area (Å²) < 4.78 is 4.67. The van der Waals surface area contributed by atoms with Gasteiger partial charge in [-0.2, -0.15) is 0 Å². The molecule has 0 fully saturated rings. The Bertz CT molecular complexity index is 406. The van der Waals surface area contributed by atoms with Crippen LogP contribution in [0.5, 0.6) is 0 Å². The molecule has 4 heteroatoms. The quantitative estimate of drug-likeness (QED) is 0.590. The second-order valence-corrected chi connectivity index (χ2v) is 3.69. The van der Waals surface area contributed by atoms with Crippen LogP contribution in [0, 0.1) is 0 Å². The highest BCUT2D eigenvalue weighted by Crippen LogP contribution is 2.27. The van der Waals surface area contributed by atoms with Crippen LogP contribution in [-0.2, 0) is 17.6 Å². The SMILES string of the molecule is COC(=O)c1[nH]c(C=O)c2c1CCCC2. The van der Waals surface area contributed by atoms with Gasteiger partial charge < -0.3 is 9.72 Å². The molecule has 2 rings (SSSR count). The zero-order valence-electron chi connectivity index (χ0n) is 8.63. The summed E-state index contributed by atoms with van der Waals surface area (Å²) in [7, 11) is 1.35. The number of carbonyl (C=O) groups is 2. The monoisotopic (exact) mass is 207 g/mol. The summed E-state index contributed by atoms with van der Waals surface area (Å²) in [5.41, 5.74) is 2.95. The smallest absolute Gasteiger partial charge is 0.354 e. The molecule has 0 bridgehead atoms. The first-order valence-corrected chi connectivity index (χ1v) is 5.05. The number of hydrogen-bond donors (Lipinski definition) is 1. The van der Waals surface area contributed by atoms with E-state index >= 15 is 0 Å². The third kappa shape index (κ3) is 1.56. The highest BCUT2D eigenvalue weighted by molar-refractivity contribution is 5.92. The number of hydrogen-bond acceptors (Lipinski definition) is 3. The van der Waals surface area contributed by atoms with Gasteiger partial charge in [0.15, 0.2) is 6.29 Å². The molecule has 1 aliphatic carbocycles. The van der Waals surface area contributed by atoms with E-state index in [1.807, 2.05) is 0 Å². The average Bonchev–Trinajstić information content (AvgIpc) is 2.67. The minimum Gasteiger partial charge on any atom is -0.464 e. The Hall–Kier alpha value is -1.58. The molecule has 0 atom stereocenters. The maximum Gasteiger partial charge on any atom is 0.354 e.